The van der Waals surface area contributed by atoms with Crippen LogP contribution in [-0.4, -0.2) is 67.6 Å². The van der Waals surface area contributed by atoms with Crippen LogP contribution in [0.1, 0.15) is 26.7 Å². The van der Waals surface area contributed by atoms with Gasteiger partial charge in [0.2, 0.25) is 11.6 Å². The molecule has 0 spiro atoms. The average Bonchev–Trinajstić information content (AvgIpc) is 2.48. The molecule has 126 valence electrons. The SMILES string of the molecule is COC(=O)[C@]1(O)CC(=O)[C@H]2O[C@](C)(OC)[C@@](C)(OC)O[C@@H]2C1. The number of hydrogen-bond acceptors (Lipinski definition) is 8. The fourth-order valence-electron chi connectivity index (χ4n) is 2.91. The van der Waals surface area contributed by atoms with Crippen molar-refractivity contribution in [3.05, 3.63) is 0 Å². The zero-order chi connectivity index (χ0) is 16.8. The van der Waals surface area contributed by atoms with Crippen LogP contribution < -0.4 is 0 Å². The summed E-state index contributed by atoms with van der Waals surface area (Å²) in [4.78, 5) is 24.0. The smallest absolute Gasteiger partial charge is 0.338 e. The van der Waals surface area contributed by atoms with Crippen LogP contribution in [0.25, 0.3) is 0 Å². The number of Topliss-reactive ketones (excluding diaryl/α,β-unsaturated/α-hetero) is 1. The second-order valence-electron chi connectivity index (χ2n) is 5.86. The Kier molecular flexibility index (Phi) is 4.35. The van der Waals surface area contributed by atoms with Gasteiger partial charge in [-0.15, -0.1) is 0 Å². The van der Waals surface area contributed by atoms with Crippen LogP contribution in [0, 0.1) is 0 Å². The Hall–Kier alpha value is -1.06. The third-order valence-electron chi connectivity index (χ3n) is 4.56. The summed E-state index contributed by atoms with van der Waals surface area (Å²) in [6, 6.07) is 0. The Bertz CT molecular complexity index is 479. The molecule has 0 aromatic carbocycles. The Morgan fingerprint density at radius 1 is 1.18 bits per heavy atom. The van der Waals surface area contributed by atoms with Gasteiger partial charge in [0.1, 0.15) is 6.10 Å². The van der Waals surface area contributed by atoms with E-state index in [-0.39, 0.29) is 6.42 Å². The van der Waals surface area contributed by atoms with Crippen LogP contribution in [-0.2, 0) is 33.3 Å². The number of rotatable bonds is 3. The van der Waals surface area contributed by atoms with Crippen molar-refractivity contribution in [2.75, 3.05) is 21.3 Å². The van der Waals surface area contributed by atoms with Crippen LogP contribution in [0.2, 0.25) is 0 Å². The molecule has 2 aliphatic rings. The van der Waals surface area contributed by atoms with E-state index in [0.717, 1.165) is 7.11 Å². The van der Waals surface area contributed by atoms with E-state index in [9.17, 15) is 14.7 Å². The minimum atomic E-state index is -1.92. The van der Waals surface area contributed by atoms with E-state index in [4.69, 9.17) is 18.9 Å². The van der Waals surface area contributed by atoms with E-state index in [2.05, 4.69) is 4.74 Å². The average molecular weight is 318 g/mol. The molecule has 0 radical (unpaired) electrons. The summed E-state index contributed by atoms with van der Waals surface area (Å²) in [5.41, 5.74) is -1.92. The number of ketones is 1. The summed E-state index contributed by atoms with van der Waals surface area (Å²) < 4.78 is 26.8. The highest BCUT2D eigenvalue weighted by Gasteiger charge is 2.62. The van der Waals surface area contributed by atoms with E-state index in [1.54, 1.807) is 13.8 Å². The fraction of sp³-hybridized carbons (Fsp3) is 0.857. The van der Waals surface area contributed by atoms with Gasteiger partial charge in [0, 0.05) is 27.1 Å². The lowest BCUT2D eigenvalue weighted by Gasteiger charge is -2.54. The summed E-state index contributed by atoms with van der Waals surface area (Å²) in [7, 11) is 3.98. The van der Waals surface area contributed by atoms with Gasteiger partial charge >= 0.3 is 5.97 Å². The van der Waals surface area contributed by atoms with Gasteiger partial charge in [-0.1, -0.05) is 0 Å². The van der Waals surface area contributed by atoms with Crippen LogP contribution in [0.4, 0.5) is 0 Å². The maximum Gasteiger partial charge on any atom is 0.338 e. The summed E-state index contributed by atoms with van der Waals surface area (Å²) >= 11 is 0. The van der Waals surface area contributed by atoms with Crippen LogP contribution in [0.5, 0.6) is 0 Å². The molecule has 0 amide bonds. The number of methoxy groups -OCH3 is 3. The van der Waals surface area contributed by atoms with E-state index >= 15 is 0 Å². The fourth-order valence-corrected chi connectivity index (χ4v) is 2.91. The molecule has 8 heteroatoms. The lowest BCUT2D eigenvalue weighted by atomic mass is 9.79. The second-order valence-corrected chi connectivity index (χ2v) is 5.86. The molecule has 2 rings (SSSR count). The van der Waals surface area contributed by atoms with Crippen molar-refractivity contribution in [3.63, 3.8) is 0 Å². The molecule has 1 saturated heterocycles. The first-order valence-electron chi connectivity index (χ1n) is 6.94. The minimum absolute atomic E-state index is 0.130. The molecular formula is C14H22O8. The molecule has 1 aliphatic heterocycles. The van der Waals surface area contributed by atoms with Gasteiger partial charge in [-0.25, -0.2) is 4.79 Å². The standard InChI is InChI=1S/C14H22O8/c1-12(19-4)13(2,20-5)22-10-8(15)6-14(17,11(16)18-3)7-9(10)21-12/h9-10,17H,6-7H2,1-5H3/t9-,10-,12+,13+,14+/m1/s1. The summed E-state index contributed by atoms with van der Waals surface area (Å²) in [5, 5.41) is 10.4. The van der Waals surface area contributed by atoms with Gasteiger partial charge in [-0.3, -0.25) is 4.79 Å². The highest BCUT2D eigenvalue weighted by Crippen LogP contribution is 2.44. The van der Waals surface area contributed by atoms with Gasteiger partial charge < -0.3 is 28.8 Å². The third kappa shape index (κ3) is 2.44. The number of ether oxygens (including phenoxy) is 5. The van der Waals surface area contributed by atoms with Crippen LogP contribution in [0.3, 0.4) is 0 Å². The Balaban J connectivity index is 2.32. The van der Waals surface area contributed by atoms with Gasteiger partial charge in [-0.2, -0.15) is 0 Å². The Morgan fingerprint density at radius 2 is 1.73 bits per heavy atom. The van der Waals surface area contributed by atoms with Crippen molar-refractivity contribution in [2.45, 2.75) is 56.1 Å². The highest BCUT2D eigenvalue weighted by molar-refractivity contribution is 5.93. The number of hydrogen-bond donors (Lipinski definition) is 1. The predicted octanol–water partition coefficient (Wildman–Crippen LogP) is -0.237. The normalized spacial score (nSPS) is 45.3. The molecule has 5 atom stereocenters. The molecule has 0 aromatic rings. The van der Waals surface area contributed by atoms with E-state index in [0.29, 0.717) is 0 Å². The zero-order valence-electron chi connectivity index (χ0n) is 13.4. The molecule has 0 unspecified atom stereocenters. The number of carbonyl (C=O) groups is 2. The zero-order valence-corrected chi connectivity index (χ0v) is 13.4. The molecule has 8 nitrogen and oxygen atoms in total. The predicted molar refractivity (Wildman–Crippen MR) is 71.8 cm³/mol. The molecule has 1 saturated carbocycles. The first-order chi connectivity index (χ1) is 10.1. The monoisotopic (exact) mass is 318 g/mol. The third-order valence-corrected chi connectivity index (χ3v) is 4.56. The van der Waals surface area contributed by atoms with Gasteiger partial charge in [0.15, 0.2) is 11.4 Å². The molecule has 1 aliphatic carbocycles. The van der Waals surface area contributed by atoms with Crippen molar-refractivity contribution in [2.24, 2.45) is 0 Å². The number of carbonyl (C=O) groups excluding carboxylic acids is 2. The lowest BCUT2D eigenvalue weighted by Crippen LogP contribution is -2.69. The van der Waals surface area contributed by atoms with E-state index < -0.39 is 47.6 Å². The highest BCUT2D eigenvalue weighted by atomic mass is 16.8. The minimum Gasteiger partial charge on any atom is -0.467 e. The van der Waals surface area contributed by atoms with Crippen molar-refractivity contribution < 1.29 is 38.4 Å². The van der Waals surface area contributed by atoms with E-state index in [1.165, 1.54) is 14.2 Å². The van der Waals surface area contributed by atoms with Crippen molar-refractivity contribution in [1.82, 2.24) is 0 Å². The molecule has 0 aromatic heterocycles. The molecule has 1 N–H and O–H groups in total. The quantitative estimate of drug-likeness (QED) is 0.712. The molecule has 1 heterocycles. The number of fused-ring (bicyclic) bond motifs is 1. The largest absolute Gasteiger partial charge is 0.467 e. The maximum atomic E-state index is 12.3. The first kappa shape index (κ1) is 17.3. The van der Waals surface area contributed by atoms with Crippen LogP contribution in [0.15, 0.2) is 0 Å². The maximum absolute atomic E-state index is 12.3. The molecular weight excluding hydrogens is 296 g/mol. The van der Waals surface area contributed by atoms with E-state index in [1.807, 2.05) is 0 Å². The van der Waals surface area contributed by atoms with Crippen LogP contribution >= 0.6 is 0 Å². The Morgan fingerprint density at radius 3 is 2.23 bits per heavy atom. The molecule has 22 heavy (non-hydrogen) atoms. The summed E-state index contributed by atoms with van der Waals surface area (Å²) in [6.07, 6.45) is -2.32. The number of esters is 1. The lowest BCUT2D eigenvalue weighted by molar-refractivity contribution is -0.446. The topological polar surface area (TPSA) is 101 Å². The van der Waals surface area contributed by atoms with Gasteiger partial charge in [0.25, 0.3) is 0 Å². The summed E-state index contributed by atoms with van der Waals surface area (Å²) in [6.45, 7) is 3.20. The first-order valence-corrected chi connectivity index (χ1v) is 6.94. The Labute approximate surface area is 128 Å². The van der Waals surface area contributed by atoms with Crippen molar-refractivity contribution >= 4 is 11.8 Å². The van der Waals surface area contributed by atoms with Crippen molar-refractivity contribution in [3.8, 4) is 0 Å². The second kappa shape index (κ2) is 5.54. The molecule has 2 fully saturated rings. The van der Waals surface area contributed by atoms with Crippen molar-refractivity contribution in [1.29, 1.82) is 0 Å². The number of aliphatic hydroxyl groups is 1. The van der Waals surface area contributed by atoms with Gasteiger partial charge in [0.05, 0.1) is 13.2 Å². The summed E-state index contributed by atoms with van der Waals surface area (Å²) in [5.74, 6) is -3.94. The molecule has 0 bridgehead atoms. The van der Waals surface area contributed by atoms with Gasteiger partial charge in [-0.05, 0) is 13.8 Å².